The van der Waals surface area contributed by atoms with Gasteiger partial charge in [0, 0.05) is 28.9 Å². The standard InChI is InChI=1S/C29H26ClF3N2O5S/c30-22-9-8-18(28(36)34-21-11-23(31)26(33)24(32)12-21)10-25(22)41(39,40)27-19-6-7-20(27)14-29(37,13-19)16-35(38)15-17-4-2-1-3-5-17/h1-5,8-12,16,19-20,27,37H,6-7,13-15H2,(H,34,36)/b35-16-/t19-,20?,27+,29+/m0/s1. The van der Waals surface area contributed by atoms with Gasteiger partial charge >= 0.3 is 0 Å². The molecule has 3 aromatic carbocycles. The van der Waals surface area contributed by atoms with Gasteiger partial charge in [0.15, 0.2) is 40.0 Å². The molecule has 4 atom stereocenters. The van der Waals surface area contributed by atoms with E-state index in [1.165, 1.54) is 18.3 Å². The fourth-order valence-electron chi connectivity index (χ4n) is 6.10. The lowest BCUT2D eigenvalue weighted by molar-refractivity contribution is -0.474. The molecule has 1 unspecified atom stereocenters. The van der Waals surface area contributed by atoms with E-state index in [9.17, 15) is 36.7 Å². The van der Waals surface area contributed by atoms with Crippen LogP contribution in [0, 0.1) is 34.5 Å². The minimum Gasteiger partial charge on any atom is -0.624 e. The van der Waals surface area contributed by atoms with Crippen molar-refractivity contribution in [3.05, 3.63) is 99.5 Å². The zero-order valence-corrected chi connectivity index (χ0v) is 23.1. The molecule has 41 heavy (non-hydrogen) atoms. The number of anilines is 1. The SMILES string of the molecule is O=C(Nc1cc(F)c(F)c(F)c1)c1ccc(Cl)c(S(=O)(=O)[C@H]2C3CC[C@H]2C[C@](O)(/C=[N+](\[O-])Cc2ccccc2)C3)c1. The van der Waals surface area contributed by atoms with Crippen LogP contribution < -0.4 is 5.32 Å². The number of hydroxylamine groups is 1. The summed E-state index contributed by atoms with van der Waals surface area (Å²) in [6.45, 7) is 0.0435. The van der Waals surface area contributed by atoms with E-state index in [0.29, 0.717) is 29.7 Å². The van der Waals surface area contributed by atoms with Gasteiger partial charge in [0.25, 0.3) is 5.91 Å². The minimum atomic E-state index is -4.10. The van der Waals surface area contributed by atoms with Crippen LogP contribution in [0.1, 0.15) is 41.6 Å². The Morgan fingerprint density at radius 2 is 1.66 bits per heavy atom. The molecule has 7 nitrogen and oxygen atoms in total. The molecule has 0 aliphatic heterocycles. The highest BCUT2D eigenvalue weighted by Gasteiger charge is 2.55. The molecule has 12 heteroatoms. The first kappa shape index (κ1) is 29.1. The smallest absolute Gasteiger partial charge is 0.255 e. The number of nitrogens with one attached hydrogen (secondary N) is 1. The quantitative estimate of drug-likeness (QED) is 0.122. The van der Waals surface area contributed by atoms with Crippen LogP contribution in [0.25, 0.3) is 0 Å². The zero-order chi connectivity index (χ0) is 29.5. The molecular weight excluding hydrogens is 581 g/mol. The second-order valence-electron chi connectivity index (χ2n) is 10.7. The van der Waals surface area contributed by atoms with Crippen molar-refractivity contribution in [2.75, 3.05) is 5.32 Å². The number of aliphatic hydroxyl groups is 1. The molecule has 2 aliphatic carbocycles. The topological polar surface area (TPSA) is 110 Å². The summed E-state index contributed by atoms with van der Waals surface area (Å²) in [5, 5.41) is 25.1. The van der Waals surface area contributed by atoms with Gasteiger partial charge in [0.2, 0.25) is 0 Å². The maximum Gasteiger partial charge on any atom is 0.255 e. The van der Waals surface area contributed by atoms with E-state index in [1.807, 2.05) is 6.07 Å². The van der Waals surface area contributed by atoms with Gasteiger partial charge in [-0.15, -0.1) is 0 Å². The molecule has 0 heterocycles. The van der Waals surface area contributed by atoms with E-state index >= 15 is 0 Å². The third-order valence-corrected chi connectivity index (χ3v) is 10.6. The molecule has 2 saturated carbocycles. The van der Waals surface area contributed by atoms with Crippen LogP contribution in [-0.2, 0) is 16.4 Å². The fraction of sp³-hybridized carbons (Fsp3) is 0.310. The van der Waals surface area contributed by atoms with Crippen molar-refractivity contribution in [3.63, 3.8) is 0 Å². The number of carbonyl (C=O) groups excluding carboxylic acids is 1. The average Bonchev–Trinajstić information content (AvgIpc) is 3.20. The Balaban J connectivity index is 1.36. The summed E-state index contributed by atoms with van der Waals surface area (Å²) in [5.74, 6) is -6.47. The van der Waals surface area contributed by atoms with Crippen LogP contribution in [-0.4, -0.2) is 41.2 Å². The lowest BCUT2D eigenvalue weighted by Gasteiger charge is -2.38. The molecule has 5 rings (SSSR count). The van der Waals surface area contributed by atoms with Gasteiger partial charge in [-0.3, -0.25) is 4.79 Å². The van der Waals surface area contributed by atoms with Gasteiger partial charge in [-0.05, 0) is 55.7 Å². The van der Waals surface area contributed by atoms with Crippen molar-refractivity contribution in [2.24, 2.45) is 11.8 Å². The second kappa shape index (κ2) is 11.1. The predicted molar refractivity (Wildman–Crippen MR) is 147 cm³/mol. The molecule has 0 aromatic heterocycles. The zero-order valence-electron chi connectivity index (χ0n) is 21.6. The van der Waals surface area contributed by atoms with Gasteiger partial charge in [0.1, 0.15) is 5.60 Å². The molecule has 1 amide bonds. The number of amides is 1. The van der Waals surface area contributed by atoms with Crippen LogP contribution in [0.2, 0.25) is 5.02 Å². The van der Waals surface area contributed by atoms with E-state index in [2.05, 4.69) is 5.32 Å². The third-order valence-electron chi connectivity index (χ3n) is 7.73. The summed E-state index contributed by atoms with van der Waals surface area (Å²) in [6, 6.07) is 13.8. The fourth-order valence-corrected chi connectivity index (χ4v) is 8.94. The van der Waals surface area contributed by atoms with Crippen LogP contribution >= 0.6 is 11.6 Å². The third kappa shape index (κ3) is 5.98. The van der Waals surface area contributed by atoms with Crippen LogP contribution in [0.15, 0.2) is 65.6 Å². The van der Waals surface area contributed by atoms with Gasteiger partial charge in [0.05, 0.1) is 15.2 Å². The van der Waals surface area contributed by atoms with E-state index < -0.39 is 55.9 Å². The van der Waals surface area contributed by atoms with E-state index in [4.69, 9.17) is 11.6 Å². The highest BCUT2D eigenvalue weighted by molar-refractivity contribution is 7.92. The summed E-state index contributed by atoms with van der Waals surface area (Å²) in [7, 11) is -4.10. The molecule has 2 fully saturated rings. The van der Waals surface area contributed by atoms with Crippen LogP contribution in [0.3, 0.4) is 0 Å². The molecule has 0 radical (unpaired) electrons. The van der Waals surface area contributed by atoms with E-state index in [0.717, 1.165) is 11.6 Å². The minimum absolute atomic E-state index is 0.0435. The first-order valence-corrected chi connectivity index (χ1v) is 14.8. The molecule has 0 saturated heterocycles. The lowest BCUT2D eigenvalue weighted by Crippen LogP contribution is -2.48. The number of hydrogen-bond acceptors (Lipinski definition) is 5. The Kier molecular flexibility index (Phi) is 7.88. The largest absolute Gasteiger partial charge is 0.624 e. The van der Waals surface area contributed by atoms with Crippen molar-refractivity contribution >= 4 is 39.2 Å². The van der Waals surface area contributed by atoms with Crippen molar-refractivity contribution in [2.45, 2.75) is 48.0 Å². The number of rotatable bonds is 7. The van der Waals surface area contributed by atoms with Crippen molar-refractivity contribution in [3.8, 4) is 0 Å². The highest BCUT2D eigenvalue weighted by Crippen LogP contribution is 2.51. The normalized spacial score (nSPS) is 24.3. The Labute approximate surface area is 239 Å². The van der Waals surface area contributed by atoms with Crippen LogP contribution in [0.4, 0.5) is 18.9 Å². The van der Waals surface area contributed by atoms with E-state index in [-0.39, 0.29) is 40.6 Å². The predicted octanol–water partition coefficient (Wildman–Crippen LogP) is 5.48. The Morgan fingerprint density at radius 1 is 1.05 bits per heavy atom. The summed E-state index contributed by atoms with van der Waals surface area (Å²) >= 11 is 6.29. The Morgan fingerprint density at radius 3 is 2.27 bits per heavy atom. The summed E-state index contributed by atoms with van der Waals surface area (Å²) in [4.78, 5) is 12.5. The molecule has 2 N–H and O–H groups in total. The number of hydrogen-bond donors (Lipinski definition) is 2. The number of benzene rings is 3. The monoisotopic (exact) mass is 606 g/mol. The lowest BCUT2D eigenvalue weighted by atomic mass is 9.78. The maximum absolute atomic E-state index is 13.9. The number of sulfone groups is 1. The van der Waals surface area contributed by atoms with Gasteiger partial charge in [-0.25, -0.2) is 26.3 Å². The number of nitrogens with zero attached hydrogens (tertiary/aromatic N) is 1. The molecular formula is C29H26ClF3N2O5S. The first-order chi connectivity index (χ1) is 19.4. The number of halogens is 4. The van der Waals surface area contributed by atoms with Gasteiger partial charge < -0.3 is 15.6 Å². The molecule has 2 bridgehead atoms. The Bertz CT molecular complexity index is 1600. The number of fused-ring (bicyclic) bond motifs is 2. The second-order valence-corrected chi connectivity index (χ2v) is 13.1. The summed E-state index contributed by atoms with van der Waals surface area (Å²) in [5.41, 5.74) is -1.20. The van der Waals surface area contributed by atoms with Crippen molar-refractivity contribution < 1.29 is 36.2 Å². The summed E-state index contributed by atoms with van der Waals surface area (Å²) in [6.07, 6.45) is 2.43. The highest BCUT2D eigenvalue weighted by atomic mass is 35.5. The Hall–Kier alpha value is -3.41. The maximum atomic E-state index is 13.9. The van der Waals surface area contributed by atoms with Gasteiger partial charge in [-0.2, -0.15) is 0 Å². The van der Waals surface area contributed by atoms with Crippen molar-refractivity contribution in [1.29, 1.82) is 0 Å². The molecule has 2 aliphatic rings. The molecule has 216 valence electrons. The van der Waals surface area contributed by atoms with Gasteiger partial charge in [-0.1, -0.05) is 41.9 Å². The first-order valence-electron chi connectivity index (χ1n) is 12.9. The molecule has 3 aromatic rings. The molecule has 0 spiro atoms. The average molecular weight is 607 g/mol. The number of carbonyl (C=O) groups is 1. The van der Waals surface area contributed by atoms with E-state index in [1.54, 1.807) is 24.3 Å². The van der Waals surface area contributed by atoms with Crippen LogP contribution in [0.5, 0.6) is 0 Å². The summed E-state index contributed by atoms with van der Waals surface area (Å²) < 4.78 is 68.8. The van der Waals surface area contributed by atoms with Crippen molar-refractivity contribution in [1.82, 2.24) is 0 Å².